The van der Waals surface area contributed by atoms with E-state index in [1.54, 1.807) is 0 Å². The third-order valence-corrected chi connectivity index (χ3v) is 21.4. The van der Waals surface area contributed by atoms with Crippen LogP contribution in [0.25, 0.3) is 177 Å². The maximum atomic E-state index is 10.0. The van der Waals surface area contributed by atoms with Crippen molar-refractivity contribution in [2.45, 2.75) is 0 Å². The van der Waals surface area contributed by atoms with Crippen molar-refractivity contribution in [2.24, 2.45) is 0 Å². The first-order valence-electron chi connectivity index (χ1n) is 36.3. The van der Waals surface area contributed by atoms with Crippen molar-refractivity contribution < 1.29 is 0 Å². The van der Waals surface area contributed by atoms with Crippen molar-refractivity contribution in [3.8, 4) is 120 Å². The van der Waals surface area contributed by atoms with Crippen LogP contribution in [-0.2, 0) is 0 Å². The fraction of sp³-hybridized carbons (Fsp3) is 0. The molecule has 4 aromatic heterocycles. The lowest BCUT2D eigenvalue weighted by molar-refractivity contribution is 1.17. The van der Waals surface area contributed by atoms with Gasteiger partial charge in [-0.1, -0.05) is 218 Å². The third kappa shape index (κ3) is 10.7. The molecule has 0 bridgehead atoms. The van der Waals surface area contributed by atoms with Gasteiger partial charge >= 0.3 is 0 Å². The van der Waals surface area contributed by atoms with Crippen LogP contribution in [0.4, 0.5) is 0 Å². The molecule has 20 rings (SSSR count). The van der Waals surface area contributed by atoms with Gasteiger partial charge in [0.2, 0.25) is 0 Å². The molecular formula is C101H59N9. The zero-order valence-corrected chi connectivity index (χ0v) is 59.1. The smallest absolute Gasteiger partial charge is 0.101 e. The molecule has 0 spiro atoms. The molecule has 0 atom stereocenters. The van der Waals surface area contributed by atoms with E-state index in [-0.39, 0.29) is 0 Å². The van der Waals surface area contributed by atoms with Crippen molar-refractivity contribution in [3.05, 3.63) is 386 Å². The van der Waals surface area contributed by atoms with Gasteiger partial charge in [-0.25, -0.2) is 0 Å². The molecule has 0 radical (unpaired) electrons. The fourth-order valence-electron chi connectivity index (χ4n) is 16.7. The molecule has 0 saturated heterocycles. The van der Waals surface area contributed by atoms with E-state index in [0.717, 1.165) is 166 Å². The molecule has 0 unspecified atom stereocenters. The molecule has 110 heavy (non-hydrogen) atoms. The van der Waals surface area contributed by atoms with Crippen LogP contribution < -0.4 is 0 Å². The Morgan fingerprint density at radius 3 is 1.04 bits per heavy atom. The number of hydrogen-bond acceptors (Lipinski definition) is 5. The summed E-state index contributed by atoms with van der Waals surface area (Å²) >= 11 is 0. The Balaban J connectivity index is 0.000000149. The molecular weight excluding hydrogens is 1340 g/mol. The number of nitriles is 5. The van der Waals surface area contributed by atoms with E-state index in [0.29, 0.717) is 27.8 Å². The minimum atomic E-state index is 0.576. The Labute approximate surface area is 633 Å². The Kier molecular flexibility index (Phi) is 16.0. The SMILES string of the molecule is N#Cc1ccc(-n2c3ccccc3c3cc(-c4ccccc4-c4ccccc4-c4cccc5c6cc(C#N)ccc6n(-c6ccccc6)c45)ccc32)cc1.N#Cc1cccc(-n2c3ccc(C#N)cc3c3cccc(-c4ccccc4-c4ccccc4-c4ccc5c(c4)c4ccccc4n5-c4ccccc4C#N)c32)c1. The van der Waals surface area contributed by atoms with Crippen LogP contribution in [0.3, 0.4) is 0 Å². The van der Waals surface area contributed by atoms with Crippen LogP contribution in [0.5, 0.6) is 0 Å². The predicted octanol–water partition coefficient (Wildman–Crippen LogP) is 25.1. The van der Waals surface area contributed by atoms with Crippen molar-refractivity contribution in [3.63, 3.8) is 0 Å². The number of hydrogen-bond donors (Lipinski definition) is 0. The van der Waals surface area contributed by atoms with Crippen LogP contribution >= 0.6 is 0 Å². The minimum absolute atomic E-state index is 0.576. The summed E-state index contributed by atoms with van der Waals surface area (Å²) in [7, 11) is 0. The molecule has 0 fully saturated rings. The second-order valence-electron chi connectivity index (χ2n) is 27.4. The summed E-state index contributed by atoms with van der Waals surface area (Å²) in [5, 5.41) is 57.7. The van der Waals surface area contributed by atoms with Gasteiger partial charge in [0.1, 0.15) is 6.07 Å². The maximum absolute atomic E-state index is 10.0. The molecule has 0 aliphatic carbocycles. The highest BCUT2D eigenvalue weighted by molar-refractivity contribution is 6.18. The van der Waals surface area contributed by atoms with Gasteiger partial charge < -0.3 is 18.3 Å². The van der Waals surface area contributed by atoms with Gasteiger partial charge in [0.05, 0.1) is 102 Å². The molecule has 20 aromatic rings. The lowest BCUT2D eigenvalue weighted by Crippen LogP contribution is -1.97. The summed E-state index contributed by atoms with van der Waals surface area (Å²) in [6.07, 6.45) is 0. The summed E-state index contributed by atoms with van der Waals surface area (Å²) in [4.78, 5) is 0. The van der Waals surface area contributed by atoms with Crippen LogP contribution in [0.2, 0.25) is 0 Å². The molecule has 0 amide bonds. The Morgan fingerprint density at radius 2 is 0.518 bits per heavy atom. The van der Waals surface area contributed by atoms with Crippen LogP contribution in [-0.4, -0.2) is 18.3 Å². The Bertz CT molecular complexity index is 7410. The molecule has 4 heterocycles. The number of nitrogens with zero attached hydrogens (tertiary/aromatic N) is 9. The topological polar surface area (TPSA) is 139 Å². The van der Waals surface area contributed by atoms with E-state index in [1.165, 1.54) is 10.8 Å². The quantitative estimate of drug-likeness (QED) is 0.134. The zero-order chi connectivity index (χ0) is 73.9. The zero-order valence-electron chi connectivity index (χ0n) is 59.1. The van der Waals surface area contributed by atoms with E-state index >= 15 is 0 Å². The average Bonchev–Trinajstić information content (AvgIpc) is 1.58. The first-order valence-corrected chi connectivity index (χ1v) is 36.3. The van der Waals surface area contributed by atoms with E-state index in [2.05, 4.69) is 291 Å². The average molecular weight is 1400 g/mol. The van der Waals surface area contributed by atoms with E-state index in [9.17, 15) is 26.3 Å². The normalized spacial score (nSPS) is 11.2. The van der Waals surface area contributed by atoms with Crippen molar-refractivity contribution >= 4 is 87.2 Å². The number of benzene rings is 16. The summed E-state index contributed by atoms with van der Waals surface area (Å²) in [5.41, 5.74) is 28.7. The fourth-order valence-corrected chi connectivity index (χ4v) is 16.7. The van der Waals surface area contributed by atoms with Gasteiger partial charge in [0, 0.05) is 71.3 Å². The maximum Gasteiger partial charge on any atom is 0.101 e. The first kappa shape index (κ1) is 65.0. The third-order valence-electron chi connectivity index (χ3n) is 21.4. The Hall–Kier alpha value is -15.8. The van der Waals surface area contributed by atoms with E-state index < -0.39 is 0 Å². The van der Waals surface area contributed by atoms with Crippen molar-refractivity contribution in [1.82, 2.24) is 18.3 Å². The monoisotopic (exact) mass is 1400 g/mol. The van der Waals surface area contributed by atoms with Gasteiger partial charge in [-0.3, -0.25) is 0 Å². The van der Waals surface area contributed by atoms with Crippen LogP contribution in [0.15, 0.2) is 358 Å². The summed E-state index contributed by atoms with van der Waals surface area (Å²) in [6.45, 7) is 0. The molecule has 0 aliphatic rings. The van der Waals surface area contributed by atoms with Gasteiger partial charge in [0.15, 0.2) is 0 Å². The van der Waals surface area contributed by atoms with Gasteiger partial charge in [-0.15, -0.1) is 0 Å². The first-order chi connectivity index (χ1) is 54.4. The highest BCUT2D eigenvalue weighted by atomic mass is 15.0. The number of fused-ring (bicyclic) bond motifs is 12. The van der Waals surface area contributed by atoms with Gasteiger partial charge in [-0.2, -0.15) is 26.3 Å². The molecule has 508 valence electrons. The molecule has 16 aromatic carbocycles. The standard InChI is InChI=1S/C51H29N5.C50H30N4/c52-30-33-11-9-13-37(27-33)55-49-25-23-34(31-53)28-45(49)44-20-10-19-43(51(44)55)41-17-5-4-16-40(41)39-15-3-2-14-38(39)35-24-26-50-46(29-35)42-18-6-8-22-48(42)56(50)47-21-7-1-12-36(47)32-54;51-31-33-21-25-37(26-22-33)53-47-20-9-8-17-42(47)46-30-35(24-28-48(46)53)38-13-4-5-14-39(38)40-15-6-7-16-41(40)43-18-10-19-44-45-29-34(32-52)23-27-49(45)54(50(43)44)36-11-2-1-3-12-36/h1-29H;1-30H. The van der Waals surface area contributed by atoms with Gasteiger partial charge in [0.25, 0.3) is 0 Å². The highest BCUT2D eigenvalue weighted by Crippen LogP contribution is 2.48. The molecule has 0 aliphatic heterocycles. The summed E-state index contributed by atoms with van der Waals surface area (Å²) in [5.74, 6) is 0. The predicted molar refractivity (Wildman–Crippen MR) is 446 cm³/mol. The minimum Gasteiger partial charge on any atom is -0.309 e. The molecule has 0 saturated carbocycles. The molecule has 0 N–H and O–H groups in total. The lowest BCUT2D eigenvalue weighted by atomic mass is 9.88. The van der Waals surface area contributed by atoms with Crippen LogP contribution in [0, 0.1) is 56.7 Å². The summed E-state index contributed by atoms with van der Waals surface area (Å²) in [6, 6.07) is 135. The number of para-hydroxylation sites is 6. The molecule has 9 nitrogen and oxygen atoms in total. The molecule has 9 heteroatoms. The van der Waals surface area contributed by atoms with E-state index in [4.69, 9.17) is 0 Å². The highest BCUT2D eigenvalue weighted by Gasteiger charge is 2.25. The second kappa shape index (κ2) is 27.0. The second-order valence-corrected chi connectivity index (χ2v) is 27.4. The Morgan fingerprint density at radius 1 is 0.182 bits per heavy atom. The van der Waals surface area contributed by atoms with Gasteiger partial charge in [-0.05, 0) is 195 Å². The lowest BCUT2D eigenvalue weighted by Gasteiger charge is -2.17. The summed E-state index contributed by atoms with van der Waals surface area (Å²) < 4.78 is 9.03. The van der Waals surface area contributed by atoms with E-state index in [1.807, 2.05) is 115 Å². The van der Waals surface area contributed by atoms with Crippen LogP contribution in [0.1, 0.15) is 27.8 Å². The largest absolute Gasteiger partial charge is 0.309 e. The number of aromatic nitrogens is 4. The van der Waals surface area contributed by atoms with Crippen molar-refractivity contribution in [1.29, 1.82) is 26.3 Å². The van der Waals surface area contributed by atoms with Crippen molar-refractivity contribution in [2.75, 3.05) is 0 Å². The number of rotatable bonds is 10.